The maximum absolute atomic E-state index is 10.1. The maximum atomic E-state index is 10.1. The van der Waals surface area contributed by atoms with Gasteiger partial charge >= 0.3 is 0 Å². The van der Waals surface area contributed by atoms with Crippen LogP contribution in [-0.4, -0.2) is 61.3 Å². The summed E-state index contributed by atoms with van der Waals surface area (Å²) in [5.74, 6) is 0. The predicted molar refractivity (Wildman–Crippen MR) is 121 cm³/mol. The number of hydrogen-bond donors (Lipinski definition) is 0. The molecule has 0 rings (SSSR count). The highest BCUT2D eigenvalue weighted by atomic mass is 31.2. The van der Waals surface area contributed by atoms with Crippen molar-refractivity contribution < 1.29 is 27.5 Å². The zero-order valence-electron chi connectivity index (χ0n) is 20.8. The number of nitrogens with zero attached hydrogens (tertiary/aromatic N) is 2. The van der Waals surface area contributed by atoms with E-state index in [1.165, 1.54) is 99.8 Å². The quantitative estimate of drug-likeness (QED) is 0.219. The van der Waals surface area contributed by atoms with Crippen molar-refractivity contribution in [2.45, 2.75) is 93.9 Å². The average molecular weight is 443 g/mol. The highest BCUT2D eigenvalue weighted by Crippen LogP contribution is 2.22. The fourth-order valence-electron chi connectivity index (χ4n) is 3.68. The summed E-state index contributed by atoms with van der Waals surface area (Å²) in [6.45, 7) is 29.0. The van der Waals surface area contributed by atoms with Gasteiger partial charge in [0.15, 0.2) is 0 Å². The van der Waals surface area contributed by atoms with Crippen LogP contribution < -0.4 is 9.79 Å². The molecule has 0 aliphatic heterocycles. The number of hydrogen-bond acceptors (Lipinski definition) is 3. The zero-order valence-corrected chi connectivity index (χ0v) is 21.7. The van der Waals surface area contributed by atoms with Gasteiger partial charge in [-0.1, -0.05) is 26.7 Å². The minimum atomic E-state index is -5.64. The van der Waals surface area contributed by atoms with Crippen LogP contribution in [0.5, 0.6) is 0 Å². The van der Waals surface area contributed by atoms with Gasteiger partial charge in [-0.05, 0) is 67.2 Å². The number of unbranched alkanes of at least 4 members (excludes halogenated alkanes) is 4. The number of quaternary nitrogens is 2. The molecule has 0 fully saturated rings. The van der Waals surface area contributed by atoms with Crippen LogP contribution >= 0.6 is 7.91 Å². The molecule has 0 aliphatic rings. The van der Waals surface area contributed by atoms with Crippen LogP contribution in [0.3, 0.4) is 0 Å². The Bertz CT molecular complexity index is 333. The van der Waals surface area contributed by atoms with E-state index in [0.717, 1.165) is 0 Å². The molecule has 29 heavy (non-hydrogen) atoms. The van der Waals surface area contributed by atoms with Crippen LogP contribution in [-0.2, 0) is 4.57 Å². The standard InChI is InChI=1S/2C11H26N.FH2O3P/c2*1-5-9-10-11-12(6-2,7-3)8-4;1-5(2,3)4/h2*5-11H2,1-4H3;(H2,2,3,4)/q2*+1;/p-2. The van der Waals surface area contributed by atoms with E-state index in [2.05, 4.69) is 55.4 Å². The first-order valence-electron chi connectivity index (χ1n) is 11.9. The molecule has 5 nitrogen and oxygen atoms in total. The van der Waals surface area contributed by atoms with Crippen molar-refractivity contribution in [3.05, 3.63) is 0 Å². The monoisotopic (exact) mass is 442 g/mol. The molecule has 0 aromatic heterocycles. The van der Waals surface area contributed by atoms with Gasteiger partial charge in [-0.2, -0.15) is 0 Å². The molecule has 0 saturated carbocycles. The molecule has 0 atom stereocenters. The van der Waals surface area contributed by atoms with Crippen molar-refractivity contribution in [2.75, 3.05) is 52.4 Å². The van der Waals surface area contributed by atoms with E-state index in [-0.39, 0.29) is 0 Å². The zero-order chi connectivity index (χ0) is 23.4. The average Bonchev–Trinajstić information content (AvgIpc) is 2.69. The third kappa shape index (κ3) is 21.0. The van der Waals surface area contributed by atoms with E-state index in [4.69, 9.17) is 14.4 Å². The molecule has 180 valence electrons. The topological polar surface area (TPSA) is 63.2 Å². The number of halogens is 1. The van der Waals surface area contributed by atoms with Crippen molar-refractivity contribution in [3.63, 3.8) is 0 Å². The minimum absolute atomic E-state index is 1.30. The second-order valence-electron chi connectivity index (χ2n) is 7.87. The normalized spacial score (nSPS) is 12.0. The van der Waals surface area contributed by atoms with E-state index in [0.29, 0.717) is 0 Å². The van der Waals surface area contributed by atoms with Gasteiger partial charge in [0.2, 0.25) is 0 Å². The molecule has 0 radical (unpaired) electrons. The molecular formula is C22H52FN2O3P. The van der Waals surface area contributed by atoms with E-state index >= 15 is 0 Å². The molecule has 0 saturated heterocycles. The van der Waals surface area contributed by atoms with Gasteiger partial charge in [-0.25, -0.2) is 4.20 Å². The largest absolute Gasteiger partial charge is 0.786 e. The Hall–Kier alpha value is -0.0000000000000000555. The van der Waals surface area contributed by atoms with Crippen LogP contribution in [0, 0.1) is 0 Å². The first-order valence-corrected chi connectivity index (χ1v) is 13.3. The van der Waals surface area contributed by atoms with Gasteiger partial charge in [0.1, 0.15) is 7.91 Å². The van der Waals surface area contributed by atoms with Gasteiger partial charge in [0, 0.05) is 0 Å². The highest BCUT2D eigenvalue weighted by Gasteiger charge is 2.19. The van der Waals surface area contributed by atoms with Gasteiger partial charge in [0.05, 0.1) is 52.4 Å². The minimum Gasteiger partial charge on any atom is -0.786 e. The molecule has 0 aliphatic carbocycles. The summed E-state index contributed by atoms with van der Waals surface area (Å²) >= 11 is 0. The van der Waals surface area contributed by atoms with Crippen molar-refractivity contribution in [1.29, 1.82) is 0 Å². The Morgan fingerprint density at radius 1 is 0.586 bits per heavy atom. The third-order valence-electron chi connectivity index (χ3n) is 6.50. The summed E-state index contributed by atoms with van der Waals surface area (Å²) in [5, 5.41) is 0. The summed E-state index contributed by atoms with van der Waals surface area (Å²) in [5.41, 5.74) is 0. The molecule has 0 spiro atoms. The van der Waals surface area contributed by atoms with Crippen LogP contribution in [0.4, 0.5) is 4.20 Å². The molecule has 0 unspecified atom stereocenters. The summed E-state index contributed by atoms with van der Waals surface area (Å²) in [6, 6.07) is 0. The molecular weight excluding hydrogens is 390 g/mol. The van der Waals surface area contributed by atoms with Crippen molar-refractivity contribution in [3.8, 4) is 0 Å². The highest BCUT2D eigenvalue weighted by molar-refractivity contribution is 7.42. The summed E-state index contributed by atoms with van der Waals surface area (Å²) in [6.07, 6.45) is 8.31. The Morgan fingerprint density at radius 2 is 0.793 bits per heavy atom. The lowest BCUT2D eigenvalue weighted by Gasteiger charge is -2.35. The summed E-state index contributed by atoms with van der Waals surface area (Å²) < 4.78 is 21.2. The van der Waals surface area contributed by atoms with Crippen LogP contribution in [0.15, 0.2) is 0 Å². The number of rotatable bonds is 14. The van der Waals surface area contributed by atoms with Gasteiger partial charge in [-0.3, -0.25) is 0 Å². The lowest BCUT2D eigenvalue weighted by atomic mass is 10.2. The molecule has 7 heteroatoms. The molecule has 0 aromatic rings. The fourth-order valence-corrected chi connectivity index (χ4v) is 3.68. The molecule has 0 aromatic carbocycles. The Morgan fingerprint density at radius 3 is 0.931 bits per heavy atom. The van der Waals surface area contributed by atoms with Crippen LogP contribution in [0.1, 0.15) is 93.9 Å². The summed E-state index contributed by atoms with van der Waals surface area (Å²) in [7, 11) is -5.64. The SMILES string of the molecule is CCCCC[N+](CC)(CC)CC.CCCCC[N+](CC)(CC)CC.O=P([O-])([O-])F. The first kappa shape index (κ1) is 33.6. The van der Waals surface area contributed by atoms with E-state index < -0.39 is 7.91 Å². The molecule has 0 heterocycles. The van der Waals surface area contributed by atoms with Gasteiger partial charge in [0.25, 0.3) is 0 Å². The maximum Gasteiger partial charge on any atom is 0.110 e. The van der Waals surface area contributed by atoms with E-state index in [9.17, 15) is 4.20 Å². The van der Waals surface area contributed by atoms with Crippen molar-refractivity contribution >= 4 is 7.91 Å². The van der Waals surface area contributed by atoms with Crippen LogP contribution in [0.25, 0.3) is 0 Å². The Kier molecular flexibility index (Phi) is 23.1. The molecule has 0 N–H and O–H groups in total. The second-order valence-corrected chi connectivity index (χ2v) is 8.73. The Labute approximate surface area is 182 Å². The van der Waals surface area contributed by atoms with E-state index in [1.54, 1.807) is 0 Å². The lowest BCUT2D eigenvalue weighted by molar-refractivity contribution is -0.923. The van der Waals surface area contributed by atoms with Gasteiger partial charge < -0.3 is 23.3 Å². The van der Waals surface area contributed by atoms with Crippen molar-refractivity contribution in [2.24, 2.45) is 0 Å². The molecule has 0 amide bonds. The lowest BCUT2D eigenvalue weighted by Crippen LogP contribution is -2.48. The smallest absolute Gasteiger partial charge is 0.110 e. The molecule has 0 bridgehead atoms. The fraction of sp³-hybridized carbons (Fsp3) is 1.00. The van der Waals surface area contributed by atoms with Gasteiger partial charge in [-0.15, -0.1) is 0 Å². The third-order valence-corrected chi connectivity index (χ3v) is 6.50. The Balaban J connectivity index is -0.000000380. The predicted octanol–water partition coefficient (Wildman–Crippen LogP) is 4.89. The first-order chi connectivity index (χ1) is 13.5. The second kappa shape index (κ2) is 19.9. The van der Waals surface area contributed by atoms with Crippen LogP contribution in [0.2, 0.25) is 0 Å². The van der Waals surface area contributed by atoms with E-state index in [1.807, 2.05) is 0 Å². The van der Waals surface area contributed by atoms with Crippen molar-refractivity contribution in [1.82, 2.24) is 0 Å². The summed E-state index contributed by atoms with van der Waals surface area (Å²) in [4.78, 5) is 16.9.